The van der Waals surface area contributed by atoms with Crippen LogP contribution in [-0.2, 0) is 24.2 Å². The minimum Gasteiger partial charge on any atom is -0.335 e. The van der Waals surface area contributed by atoms with Gasteiger partial charge in [-0.25, -0.2) is 10.5 Å². The molecule has 2 aliphatic rings. The molecule has 2 heterocycles. The number of likely N-dealkylation sites (tertiary alicyclic amines) is 1. The SMILES string of the molecule is CC(C)n1c(CN2CCC3(CCc4cc(C(=O)NO)ccc4C3)C2=O)nc2ccccc21. The molecule has 2 N–H and O–H groups in total. The molecule has 1 unspecified atom stereocenters. The van der Waals surface area contributed by atoms with Crippen LogP contribution in [0.4, 0.5) is 0 Å². The summed E-state index contributed by atoms with van der Waals surface area (Å²) in [6, 6.07) is 13.9. The Morgan fingerprint density at radius 1 is 1.19 bits per heavy atom. The molecule has 2 aromatic carbocycles. The molecule has 1 aromatic heterocycles. The van der Waals surface area contributed by atoms with E-state index in [1.54, 1.807) is 11.5 Å². The Balaban J connectivity index is 1.39. The van der Waals surface area contributed by atoms with Gasteiger partial charge >= 0.3 is 0 Å². The maximum atomic E-state index is 13.6. The summed E-state index contributed by atoms with van der Waals surface area (Å²) < 4.78 is 2.23. The highest BCUT2D eigenvalue weighted by Gasteiger charge is 2.48. The van der Waals surface area contributed by atoms with Crippen LogP contribution in [-0.4, -0.2) is 38.0 Å². The van der Waals surface area contributed by atoms with Crippen molar-refractivity contribution in [2.24, 2.45) is 5.41 Å². The number of imidazole rings is 1. The molecule has 0 bridgehead atoms. The van der Waals surface area contributed by atoms with E-state index in [4.69, 9.17) is 10.2 Å². The first kappa shape index (κ1) is 20.7. The van der Waals surface area contributed by atoms with Crippen LogP contribution in [0.1, 0.15) is 60.0 Å². The number of carbonyl (C=O) groups excluding carboxylic acids is 2. The van der Waals surface area contributed by atoms with Gasteiger partial charge in [0.2, 0.25) is 5.91 Å². The van der Waals surface area contributed by atoms with Gasteiger partial charge in [0.15, 0.2) is 0 Å². The number of hydroxylamine groups is 1. The molecule has 1 aliphatic carbocycles. The third-order valence-corrected chi connectivity index (χ3v) is 7.09. The first-order chi connectivity index (χ1) is 15.4. The van der Waals surface area contributed by atoms with E-state index in [1.807, 2.05) is 35.2 Å². The second-order valence-corrected chi connectivity index (χ2v) is 9.34. The smallest absolute Gasteiger partial charge is 0.274 e. The van der Waals surface area contributed by atoms with E-state index in [9.17, 15) is 9.59 Å². The Labute approximate surface area is 187 Å². The quantitative estimate of drug-likeness (QED) is 0.487. The molecule has 1 fully saturated rings. The van der Waals surface area contributed by atoms with Gasteiger partial charge < -0.3 is 9.47 Å². The molecule has 32 heavy (non-hydrogen) atoms. The largest absolute Gasteiger partial charge is 0.335 e. The Morgan fingerprint density at radius 2 is 2.00 bits per heavy atom. The minimum absolute atomic E-state index is 0.211. The molecule has 1 atom stereocenters. The van der Waals surface area contributed by atoms with Crippen molar-refractivity contribution in [2.75, 3.05) is 6.54 Å². The molecular weight excluding hydrogens is 404 g/mol. The Hall–Kier alpha value is -3.19. The number of fused-ring (bicyclic) bond motifs is 2. The van der Waals surface area contributed by atoms with Gasteiger partial charge in [0.05, 0.1) is 23.0 Å². The van der Waals surface area contributed by atoms with Crippen LogP contribution in [0, 0.1) is 5.41 Å². The number of benzene rings is 2. The number of aryl methyl sites for hydroxylation is 1. The lowest BCUT2D eigenvalue weighted by molar-refractivity contribution is -0.137. The van der Waals surface area contributed by atoms with Gasteiger partial charge in [-0.05, 0) is 74.9 Å². The lowest BCUT2D eigenvalue weighted by Crippen LogP contribution is -2.39. The molecule has 7 heteroatoms. The average Bonchev–Trinajstić information content (AvgIpc) is 3.31. The van der Waals surface area contributed by atoms with Crippen LogP contribution in [0.3, 0.4) is 0 Å². The van der Waals surface area contributed by atoms with Crippen LogP contribution in [0.15, 0.2) is 42.5 Å². The summed E-state index contributed by atoms with van der Waals surface area (Å²) in [5.41, 5.74) is 6.03. The summed E-state index contributed by atoms with van der Waals surface area (Å²) in [7, 11) is 0. The molecule has 7 nitrogen and oxygen atoms in total. The van der Waals surface area contributed by atoms with Gasteiger partial charge in [0.1, 0.15) is 5.82 Å². The van der Waals surface area contributed by atoms with Crippen LogP contribution < -0.4 is 5.48 Å². The summed E-state index contributed by atoms with van der Waals surface area (Å²) in [5.74, 6) is 0.634. The molecular formula is C25H28N4O3. The van der Waals surface area contributed by atoms with E-state index in [-0.39, 0.29) is 17.4 Å². The van der Waals surface area contributed by atoms with Crippen LogP contribution in [0.25, 0.3) is 11.0 Å². The van der Waals surface area contributed by atoms with Crippen LogP contribution in [0.2, 0.25) is 0 Å². The molecule has 0 saturated carbocycles. The second kappa shape index (κ2) is 7.74. The van der Waals surface area contributed by atoms with Crippen LogP contribution >= 0.6 is 0 Å². The summed E-state index contributed by atoms with van der Waals surface area (Å²) in [6.07, 6.45) is 3.07. The number of para-hydroxylation sites is 2. The fraction of sp³-hybridized carbons (Fsp3) is 0.400. The summed E-state index contributed by atoms with van der Waals surface area (Å²) in [4.78, 5) is 32.2. The molecule has 1 spiro atoms. The Morgan fingerprint density at radius 3 is 2.78 bits per heavy atom. The van der Waals surface area contributed by atoms with Crippen molar-refractivity contribution >= 4 is 22.8 Å². The average molecular weight is 433 g/mol. The van der Waals surface area contributed by atoms with E-state index >= 15 is 0 Å². The van der Waals surface area contributed by atoms with Crippen molar-refractivity contribution in [1.82, 2.24) is 19.9 Å². The van der Waals surface area contributed by atoms with Gasteiger partial charge in [0.25, 0.3) is 5.91 Å². The van der Waals surface area contributed by atoms with Crippen molar-refractivity contribution in [3.63, 3.8) is 0 Å². The fourth-order valence-corrected chi connectivity index (χ4v) is 5.46. The van der Waals surface area contributed by atoms with Gasteiger partial charge in [-0.15, -0.1) is 0 Å². The number of aromatic nitrogens is 2. The van der Waals surface area contributed by atoms with Gasteiger partial charge in [-0.2, -0.15) is 0 Å². The molecule has 3 aromatic rings. The van der Waals surface area contributed by atoms with E-state index < -0.39 is 5.91 Å². The highest BCUT2D eigenvalue weighted by Crippen LogP contribution is 2.44. The van der Waals surface area contributed by atoms with Gasteiger partial charge in [-0.1, -0.05) is 18.2 Å². The lowest BCUT2D eigenvalue weighted by Gasteiger charge is -2.33. The standard InChI is InChI=1S/C25H28N4O3/c1-16(2)29-21-6-4-3-5-20(21)26-22(29)15-28-12-11-25(24(28)31)10-9-17-13-18(23(30)27-32)7-8-19(17)14-25/h3-8,13,16,32H,9-12,14-15H2,1-2H3,(H,27,30). The highest BCUT2D eigenvalue weighted by molar-refractivity contribution is 5.93. The Kier molecular flexibility index (Phi) is 5.01. The van der Waals surface area contributed by atoms with Gasteiger partial charge in [0, 0.05) is 18.2 Å². The topological polar surface area (TPSA) is 87.5 Å². The van der Waals surface area contributed by atoms with Crippen molar-refractivity contribution in [1.29, 1.82) is 0 Å². The maximum Gasteiger partial charge on any atom is 0.274 e. The second-order valence-electron chi connectivity index (χ2n) is 9.34. The number of rotatable bonds is 4. The first-order valence-electron chi connectivity index (χ1n) is 11.2. The van der Waals surface area contributed by atoms with Crippen LogP contribution in [0.5, 0.6) is 0 Å². The molecule has 0 radical (unpaired) electrons. The summed E-state index contributed by atoms with van der Waals surface area (Å²) in [5, 5.41) is 8.89. The zero-order valence-electron chi connectivity index (χ0n) is 18.5. The highest BCUT2D eigenvalue weighted by atomic mass is 16.5. The minimum atomic E-state index is -0.510. The van der Waals surface area contributed by atoms with Crippen molar-refractivity contribution in [2.45, 2.75) is 52.1 Å². The predicted molar refractivity (Wildman–Crippen MR) is 120 cm³/mol. The zero-order valence-corrected chi connectivity index (χ0v) is 18.5. The van der Waals surface area contributed by atoms with E-state index in [0.717, 1.165) is 53.8 Å². The normalized spacial score (nSPS) is 20.4. The molecule has 1 saturated heterocycles. The molecule has 2 amide bonds. The summed E-state index contributed by atoms with van der Waals surface area (Å²) in [6.45, 7) is 5.55. The van der Waals surface area contributed by atoms with E-state index in [2.05, 4.69) is 24.5 Å². The number of amides is 2. The number of nitrogens with one attached hydrogen (secondary N) is 1. The number of hydrogen-bond acceptors (Lipinski definition) is 4. The van der Waals surface area contributed by atoms with Crippen molar-refractivity contribution in [3.8, 4) is 0 Å². The van der Waals surface area contributed by atoms with Gasteiger partial charge in [-0.3, -0.25) is 14.8 Å². The number of hydrogen-bond donors (Lipinski definition) is 2. The predicted octanol–water partition coefficient (Wildman–Crippen LogP) is 3.64. The first-order valence-corrected chi connectivity index (χ1v) is 11.2. The third kappa shape index (κ3) is 3.28. The monoisotopic (exact) mass is 432 g/mol. The maximum absolute atomic E-state index is 13.6. The van der Waals surface area contributed by atoms with E-state index in [0.29, 0.717) is 18.5 Å². The summed E-state index contributed by atoms with van der Waals surface area (Å²) >= 11 is 0. The fourth-order valence-electron chi connectivity index (χ4n) is 5.46. The number of nitrogens with zero attached hydrogens (tertiary/aromatic N) is 3. The zero-order chi connectivity index (χ0) is 22.5. The van der Waals surface area contributed by atoms with Crippen molar-refractivity contribution < 1.29 is 14.8 Å². The number of carbonyl (C=O) groups is 2. The van der Waals surface area contributed by atoms with E-state index in [1.165, 1.54) is 0 Å². The van der Waals surface area contributed by atoms with Crippen molar-refractivity contribution in [3.05, 3.63) is 65.0 Å². The molecule has 166 valence electrons. The lowest BCUT2D eigenvalue weighted by atomic mass is 9.70. The Bertz CT molecular complexity index is 1220. The third-order valence-electron chi connectivity index (χ3n) is 7.09. The molecule has 5 rings (SSSR count). The molecule has 1 aliphatic heterocycles.